The zero-order valence-electron chi connectivity index (χ0n) is 10.7. The molecule has 7 heteroatoms. The van der Waals surface area contributed by atoms with Crippen LogP contribution < -0.4 is 0 Å². The first-order chi connectivity index (χ1) is 8.75. The van der Waals surface area contributed by atoms with Gasteiger partial charge in [0.25, 0.3) is 0 Å². The molecule has 0 atom stereocenters. The van der Waals surface area contributed by atoms with Crippen molar-refractivity contribution in [2.24, 2.45) is 0 Å². The van der Waals surface area contributed by atoms with E-state index in [9.17, 15) is 8.42 Å². The molecule has 0 radical (unpaired) electrons. The van der Waals surface area contributed by atoms with Crippen LogP contribution in [-0.4, -0.2) is 38.0 Å². The zero-order valence-corrected chi connectivity index (χ0v) is 14.7. The van der Waals surface area contributed by atoms with Crippen LogP contribution in [0.1, 0.15) is 13.8 Å². The van der Waals surface area contributed by atoms with E-state index in [2.05, 4.69) is 31.9 Å². The van der Waals surface area contributed by atoms with Crippen molar-refractivity contribution in [3.63, 3.8) is 0 Å². The summed E-state index contributed by atoms with van der Waals surface area (Å²) in [4.78, 5) is 0.283. The number of hydrogen-bond donors (Lipinski definition) is 0. The molecule has 1 aliphatic rings. The Bertz CT molecular complexity index is 587. The van der Waals surface area contributed by atoms with Gasteiger partial charge >= 0.3 is 0 Å². The molecule has 0 unspecified atom stereocenters. The third-order valence-corrected chi connectivity index (χ3v) is 6.61. The first kappa shape index (κ1) is 15.4. The molecule has 0 spiro atoms. The monoisotopic (exact) mass is 411 g/mol. The first-order valence-corrected chi connectivity index (χ1v) is 8.83. The van der Waals surface area contributed by atoms with Crippen LogP contribution in [0.5, 0.6) is 0 Å². The number of sulfonamides is 1. The fourth-order valence-electron chi connectivity index (χ4n) is 2.09. The van der Waals surface area contributed by atoms with Crippen molar-refractivity contribution in [2.75, 3.05) is 19.8 Å². The van der Waals surface area contributed by atoms with Gasteiger partial charge in [0.2, 0.25) is 10.0 Å². The van der Waals surface area contributed by atoms with Gasteiger partial charge in [0.05, 0.1) is 23.6 Å². The van der Waals surface area contributed by atoms with Crippen LogP contribution in [0.3, 0.4) is 0 Å². The molecule has 1 heterocycles. The average Bonchev–Trinajstić information content (AvgIpc) is 2.27. The standard InChI is InChI=1S/C12H15Br2NO3S/c1-12(2)8-18-6-5-15(12)19(16,17)11-4-3-9(13)7-10(11)14/h3-4,7H,5-6,8H2,1-2H3. The molecule has 0 amide bonds. The maximum Gasteiger partial charge on any atom is 0.244 e. The van der Waals surface area contributed by atoms with Gasteiger partial charge < -0.3 is 4.74 Å². The van der Waals surface area contributed by atoms with Gasteiger partial charge in [-0.3, -0.25) is 0 Å². The minimum atomic E-state index is -3.53. The highest BCUT2D eigenvalue weighted by Crippen LogP contribution is 2.32. The second kappa shape index (κ2) is 5.44. The van der Waals surface area contributed by atoms with E-state index in [0.29, 0.717) is 24.2 Å². The lowest BCUT2D eigenvalue weighted by molar-refractivity contribution is -0.00772. The van der Waals surface area contributed by atoms with Crippen LogP contribution in [0.2, 0.25) is 0 Å². The normalized spacial score (nSPS) is 20.4. The van der Waals surface area contributed by atoms with Crippen molar-refractivity contribution in [3.05, 3.63) is 27.1 Å². The van der Waals surface area contributed by atoms with Gasteiger partial charge in [-0.1, -0.05) is 15.9 Å². The molecule has 1 saturated heterocycles. The molecule has 0 N–H and O–H groups in total. The van der Waals surface area contributed by atoms with Crippen LogP contribution >= 0.6 is 31.9 Å². The van der Waals surface area contributed by atoms with Crippen LogP contribution in [0.4, 0.5) is 0 Å². The van der Waals surface area contributed by atoms with Crippen molar-refractivity contribution >= 4 is 41.9 Å². The molecule has 19 heavy (non-hydrogen) atoms. The smallest absolute Gasteiger partial charge is 0.244 e. The van der Waals surface area contributed by atoms with E-state index in [1.807, 2.05) is 13.8 Å². The second-order valence-electron chi connectivity index (χ2n) is 5.02. The molecule has 0 saturated carbocycles. The quantitative estimate of drug-likeness (QED) is 0.749. The lowest BCUT2D eigenvalue weighted by Crippen LogP contribution is -2.55. The Morgan fingerprint density at radius 1 is 1.32 bits per heavy atom. The number of benzene rings is 1. The minimum Gasteiger partial charge on any atom is -0.378 e. The van der Waals surface area contributed by atoms with Crippen LogP contribution in [0, 0.1) is 0 Å². The molecule has 4 nitrogen and oxygen atoms in total. The highest BCUT2D eigenvalue weighted by atomic mass is 79.9. The molecular weight excluding hydrogens is 398 g/mol. The van der Waals surface area contributed by atoms with Crippen molar-refractivity contribution in [3.8, 4) is 0 Å². The van der Waals surface area contributed by atoms with E-state index in [1.54, 1.807) is 18.2 Å². The average molecular weight is 413 g/mol. The maximum absolute atomic E-state index is 12.8. The molecule has 106 valence electrons. The molecule has 0 aromatic heterocycles. The largest absolute Gasteiger partial charge is 0.378 e. The Kier molecular flexibility index (Phi) is 4.42. The topological polar surface area (TPSA) is 46.6 Å². The number of rotatable bonds is 2. The Hall–Kier alpha value is 0.0500. The summed E-state index contributed by atoms with van der Waals surface area (Å²) in [5, 5.41) is 0. The van der Waals surface area contributed by atoms with Crippen molar-refractivity contribution in [2.45, 2.75) is 24.3 Å². The molecule has 0 bridgehead atoms. The van der Waals surface area contributed by atoms with E-state index in [0.717, 1.165) is 4.47 Å². The molecule has 1 aliphatic heterocycles. The van der Waals surface area contributed by atoms with Gasteiger partial charge in [-0.2, -0.15) is 4.31 Å². The molecular formula is C12H15Br2NO3S. The van der Waals surface area contributed by atoms with Crippen LogP contribution in [0.25, 0.3) is 0 Å². The van der Waals surface area contributed by atoms with Gasteiger partial charge in [0.1, 0.15) is 0 Å². The van der Waals surface area contributed by atoms with Gasteiger partial charge in [-0.25, -0.2) is 8.42 Å². The Morgan fingerprint density at radius 2 is 2.00 bits per heavy atom. The summed E-state index contributed by atoms with van der Waals surface area (Å²) in [7, 11) is -3.53. The summed E-state index contributed by atoms with van der Waals surface area (Å²) in [6.45, 7) is 4.95. The maximum atomic E-state index is 12.8. The van der Waals surface area contributed by atoms with Gasteiger partial charge in [-0.05, 0) is 48.0 Å². The highest BCUT2D eigenvalue weighted by molar-refractivity contribution is 9.11. The Balaban J connectivity index is 2.47. The van der Waals surface area contributed by atoms with E-state index in [-0.39, 0.29) is 4.90 Å². The summed E-state index contributed by atoms with van der Waals surface area (Å²) < 4.78 is 33.8. The molecule has 1 fully saturated rings. The van der Waals surface area contributed by atoms with Gasteiger partial charge in [0.15, 0.2) is 0 Å². The third-order valence-electron chi connectivity index (χ3n) is 3.03. The molecule has 1 aromatic rings. The van der Waals surface area contributed by atoms with Crippen LogP contribution in [-0.2, 0) is 14.8 Å². The fourth-order valence-corrected chi connectivity index (χ4v) is 5.55. The predicted molar refractivity (Wildman–Crippen MR) is 80.6 cm³/mol. The third kappa shape index (κ3) is 3.05. The SMILES string of the molecule is CC1(C)COCCN1S(=O)(=O)c1ccc(Br)cc1Br. The van der Waals surface area contributed by atoms with Crippen LogP contribution in [0.15, 0.2) is 32.0 Å². The summed E-state index contributed by atoms with van der Waals surface area (Å²) in [5.74, 6) is 0. The number of hydrogen-bond acceptors (Lipinski definition) is 3. The second-order valence-corrected chi connectivity index (χ2v) is 8.62. The minimum absolute atomic E-state index is 0.283. The highest BCUT2D eigenvalue weighted by Gasteiger charge is 2.40. The summed E-state index contributed by atoms with van der Waals surface area (Å²) >= 11 is 6.64. The first-order valence-electron chi connectivity index (χ1n) is 5.81. The molecule has 2 rings (SSSR count). The van der Waals surface area contributed by atoms with Gasteiger partial charge in [-0.15, -0.1) is 0 Å². The lowest BCUT2D eigenvalue weighted by atomic mass is 10.1. The van der Waals surface area contributed by atoms with Gasteiger partial charge in [0, 0.05) is 15.5 Å². The van der Waals surface area contributed by atoms with E-state index in [1.165, 1.54) is 4.31 Å². The number of ether oxygens (including phenoxy) is 1. The van der Waals surface area contributed by atoms with Crippen molar-refractivity contribution < 1.29 is 13.2 Å². The predicted octanol–water partition coefficient (Wildman–Crippen LogP) is 3.01. The van der Waals surface area contributed by atoms with E-state index in [4.69, 9.17) is 4.74 Å². The Labute approximate surface area is 130 Å². The summed E-state index contributed by atoms with van der Waals surface area (Å²) in [6.07, 6.45) is 0. The lowest BCUT2D eigenvalue weighted by Gasteiger charge is -2.40. The number of morpholine rings is 1. The summed E-state index contributed by atoms with van der Waals surface area (Å²) in [5.41, 5.74) is -0.538. The van der Waals surface area contributed by atoms with E-state index >= 15 is 0 Å². The zero-order chi connectivity index (χ0) is 14.3. The molecule has 1 aromatic carbocycles. The fraction of sp³-hybridized carbons (Fsp3) is 0.500. The Morgan fingerprint density at radius 3 is 2.58 bits per heavy atom. The van der Waals surface area contributed by atoms with E-state index < -0.39 is 15.6 Å². The number of nitrogens with zero attached hydrogens (tertiary/aromatic N) is 1. The summed E-state index contributed by atoms with van der Waals surface area (Å²) in [6, 6.07) is 5.07. The van der Waals surface area contributed by atoms with Crippen molar-refractivity contribution in [1.82, 2.24) is 4.31 Å². The molecule has 0 aliphatic carbocycles. The van der Waals surface area contributed by atoms with Crippen molar-refractivity contribution in [1.29, 1.82) is 0 Å². The number of halogens is 2.